The number of carbonyl (C=O) groups is 1. The third kappa shape index (κ3) is 4.11. The Hall–Kier alpha value is -2.14. The van der Waals surface area contributed by atoms with Crippen molar-refractivity contribution in [3.8, 4) is 0 Å². The van der Waals surface area contributed by atoms with Gasteiger partial charge in [0.05, 0.1) is 11.3 Å². The highest BCUT2D eigenvalue weighted by Gasteiger charge is 2.48. The molecule has 3 atom stereocenters. The van der Waals surface area contributed by atoms with Gasteiger partial charge in [-0.15, -0.1) is 0 Å². The number of aromatic nitrogens is 2. The molecule has 1 fully saturated rings. The molecule has 1 amide bonds. The van der Waals surface area contributed by atoms with Crippen LogP contribution in [0, 0.1) is 5.92 Å². The molecule has 5 heteroatoms. The minimum atomic E-state index is -0.894. The molecule has 0 unspecified atom stereocenters. The Kier molecular flexibility index (Phi) is 6.78. The summed E-state index contributed by atoms with van der Waals surface area (Å²) < 4.78 is 1.72. The first-order valence-corrected chi connectivity index (χ1v) is 11.1. The molecule has 2 aromatic rings. The number of nitrogens with zero attached hydrogens (tertiary/aromatic N) is 3. The first-order chi connectivity index (χ1) is 14.0. The number of piperidine rings is 1. The molecule has 1 aliphatic rings. The van der Waals surface area contributed by atoms with Crippen molar-refractivity contribution < 1.29 is 9.90 Å². The van der Waals surface area contributed by atoms with E-state index in [1.807, 2.05) is 48.3 Å². The van der Waals surface area contributed by atoms with Crippen LogP contribution in [0.4, 0.5) is 0 Å². The lowest BCUT2D eigenvalue weighted by molar-refractivity contribution is -0.101. The van der Waals surface area contributed by atoms with Gasteiger partial charge >= 0.3 is 0 Å². The summed E-state index contributed by atoms with van der Waals surface area (Å²) in [5.41, 5.74) is 1.69. The lowest BCUT2D eigenvalue weighted by atomic mass is 9.69. The Labute approximate surface area is 174 Å². The lowest BCUT2D eigenvalue weighted by Crippen LogP contribution is -2.58. The molecule has 0 spiro atoms. The number of likely N-dealkylation sites (tertiary alicyclic amines) is 1. The van der Waals surface area contributed by atoms with Gasteiger partial charge in [-0.2, -0.15) is 5.10 Å². The number of hydrogen-bond donors (Lipinski definition) is 1. The van der Waals surface area contributed by atoms with E-state index >= 15 is 0 Å². The minimum absolute atomic E-state index is 0.00549. The van der Waals surface area contributed by atoms with Crippen LogP contribution in [0.5, 0.6) is 0 Å². The maximum absolute atomic E-state index is 13.5. The Bertz CT molecular complexity index is 817. The Morgan fingerprint density at radius 2 is 1.93 bits per heavy atom. The van der Waals surface area contributed by atoms with E-state index in [0.717, 1.165) is 43.4 Å². The molecule has 0 bridgehead atoms. The smallest absolute Gasteiger partial charge is 0.272 e. The predicted octanol–water partition coefficient (Wildman–Crippen LogP) is 4.30. The van der Waals surface area contributed by atoms with Gasteiger partial charge in [0.1, 0.15) is 5.69 Å². The molecule has 1 saturated heterocycles. The van der Waals surface area contributed by atoms with Crippen LogP contribution in [-0.2, 0) is 19.1 Å². The van der Waals surface area contributed by atoms with Crippen LogP contribution in [0.2, 0.25) is 0 Å². The Balaban J connectivity index is 1.93. The van der Waals surface area contributed by atoms with Crippen LogP contribution in [0.25, 0.3) is 0 Å². The van der Waals surface area contributed by atoms with Crippen molar-refractivity contribution in [3.05, 3.63) is 53.3 Å². The molecule has 0 aliphatic carbocycles. The van der Waals surface area contributed by atoms with Crippen molar-refractivity contribution in [2.24, 2.45) is 13.0 Å². The molecular formula is C24H35N3O2. The van der Waals surface area contributed by atoms with Crippen LogP contribution in [0.3, 0.4) is 0 Å². The number of benzene rings is 1. The van der Waals surface area contributed by atoms with Gasteiger partial charge in [0, 0.05) is 25.6 Å². The normalized spacial score (nSPS) is 24.7. The van der Waals surface area contributed by atoms with Crippen LogP contribution in [0.1, 0.15) is 74.6 Å². The third-order valence-electron chi connectivity index (χ3n) is 6.42. The monoisotopic (exact) mass is 397 g/mol. The third-order valence-corrected chi connectivity index (χ3v) is 6.42. The van der Waals surface area contributed by atoms with Gasteiger partial charge in [-0.25, -0.2) is 0 Å². The molecule has 2 heterocycles. The molecule has 1 N–H and O–H groups in total. The first-order valence-electron chi connectivity index (χ1n) is 11.1. The zero-order valence-electron chi connectivity index (χ0n) is 18.3. The van der Waals surface area contributed by atoms with E-state index in [9.17, 15) is 9.90 Å². The average molecular weight is 398 g/mol. The topological polar surface area (TPSA) is 58.4 Å². The zero-order chi connectivity index (χ0) is 21.0. The van der Waals surface area contributed by atoms with Crippen molar-refractivity contribution in [2.75, 3.05) is 6.54 Å². The largest absolute Gasteiger partial charge is 0.385 e. The van der Waals surface area contributed by atoms with Crippen molar-refractivity contribution in [3.63, 3.8) is 0 Å². The number of rotatable bonds is 7. The average Bonchev–Trinajstić information content (AvgIpc) is 3.10. The lowest BCUT2D eigenvalue weighted by Gasteiger charge is -2.50. The van der Waals surface area contributed by atoms with Crippen molar-refractivity contribution >= 4 is 5.91 Å². The molecule has 3 rings (SSSR count). The number of hydrogen-bond acceptors (Lipinski definition) is 3. The second-order valence-corrected chi connectivity index (χ2v) is 8.30. The second-order valence-electron chi connectivity index (χ2n) is 8.30. The maximum Gasteiger partial charge on any atom is 0.272 e. The van der Waals surface area contributed by atoms with Crippen LogP contribution < -0.4 is 0 Å². The number of amides is 1. The highest BCUT2D eigenvalue weighted by molar-refractivity contribution is 5.93. The van der Waals surface area contributed by atoms with E-state index in [2.05, 4.69) is 25.9 Å². The van der Waals surface area contributed by atoms with E-state index < -0.39 is 5.60 Å². The molecule has 0 saturated carbocycles. The first kappa shape index (κ1) is 21.6. The Morgan fingerprint density at radius 1 is 1.21 bits per heavy atom. The van der Waals surface area contributed by atoms with Crippen LogP contribution in [-0.4, -0.2) is 38.3 Å². The standard InChI is InChI=1S/C24H35N3O2/c1-5-11-19-17-22(26(4)25-19)23(28)27-16-15-24(29,18-13-9-8-10-14-18)20(12-6-2)21(27)7-3/h8-10,13-14,17,20-21,29H,5-7,11-12,15-16H2,1-4H3/t20-,21+,24-/m1/s1. The van der Waals surface area contributed by atoms with E-state index in [-0.39, 0.29) is 17.9 Å². The van der Waals surface area contributed by atoms with Crippen molar-refractivity contribution in [1.29, 1.82) is 0 Å². The summed E-state index contributed by atoms with van der Waals surface area (Å²) in [5, 5.41) is 16.3. The van der Waals surface area contributed by atoms with Gasteiger partial charge in [-0.1, -0.05) is 63.9 Å². The van der Waals surface area contributed by atoms with Gasteiger partial charge in [-0.3, -0.25) is 9.48 Å². The molecule has 1 aliphatic heterocycles. The van der Waals surface area contributed by atoms with Crippen LogP contribution in [0.15, 0.2) is 36.4 Å². The predicted molar refractivity (Wildman–Crippen MR) is 116 cm³/mol. The summed E-state index contributed by atoms with van der Waals surface area (Å²) in [6, 6.07) is 11.9. The van der Waals surface area contributed by atoms with Gasteiger partial charge < -0.3 is 10.0 Å². The number of aliphatic hydroxyl groups is 1. The maximum atomic E-state index is 13.5. The van der Waals surface area contributed by atoms with E-state index in [1.165, 1.54) is 0 Å². The summed E-state index contributed by atoms with van der Waals surface area (Å²) >= 11 is 0. The fraction of sp³-hybridized carbons (Fsp3) is 0.583. The number of carbonyl (C=O) groups excluding carboxylic acids is 1. The summed E-state index contributed by atoms with van der Waals surface area (Å²) in [7, 11) is 1.85. The zero-order valence-corrected chi connectivity index (χ0v) is 18.3. The minimum Gasteiger partial charge on any atom is -0.385 e. The molecule has 1 aromatic carbocycles. The second kappa shape index (κ2) is 9.12. The van der Waals surface area contributed by atoms with E-state index in [1.54, 1.807) is 4.68 Å². The molecule has 29 heavy (non-hydrogen) atoms. The molecule has 158 valence electrons. The summed E-state index contributed by atoms with van der Waals surface area (Å²) in [6.45, 7) is 6.94. The molecular weight excluding hydrogens is 362 g/mol. The van der Waals surface area contributed by atoms with Gasteiger partial charge in [0.15, 0.2) is 0 Å². The Morgan fingerprint density at radius 3 is 2.55 bits per heavy atom. The fourth-order valence-electron chi connectivity index (χ4n) is 5.01. The molecule has 1 aromatic heterocycles. The van der Waals surface area contributed by atoms with Crippen molar-refractivity contribution in [2.45, 2.75) is 70.9 Å². The summed E-state index contributed by atoms with van der Waals surface area (Å²) in [5.74, 6) is 0.0476. The molecule has 0 radical (unpaired) electrons. The van der Waals surface area contributed by atoms with E-state index in [0.29, 0.717) is 18.7 Å². The van der Waals surface area contributed by atoms with Gasteiger partial charge in [0.25, 0.3) is 5.91 Å². The van der Waals surface area contributed by atoms with E-state index in [4.69, 9.17) is 0 Å². The van der Waals surface area contributed by atoms with Crippen LogP contribution >= 0.6 is 0 Å². The SMILES string of the molecule is CCCc1cc(C(=O)N2CC[C@@](O)(c3ccccc3)[C@H](CCC)[C@@H]2CC)n(C)n1. The van der Waals surface area contributed by atoms with Crippen molar-refractivity contribution in [1.82, 2.24) is 14.7 Å². The summed E-state index contributed by atoms with van der Waals surface area (Å²) in [6.07, 6.45) is 5.14. The fourth-order valence-corrected chi connectivity index (χ4v) is 5.01. The number of aryl methyl sites for hydroxylation is 2. The molecule has 5 nitrogen and oxygen atoms in total. The highest BCUT2D eigenvalue weighted by Crippen LogP contribution is 2.44. The van der Waals surface area contributed by atoms with Gasteiger partial charge in [-0.05, 0) is 37.3 Å². The summed E-state index contributed by atoms with van der Waals surface area (Å²) in [4.78, 5) is 15.5. The quantitative estimate of drug-likeness (QED) is 0.758. The van der Waals surface area contributed by atoms with Gasteiger partial charge in [0.2, 0.25) is 0 Å². The highest BCUT2D eigenvalue weighted by atomic mass is 16.3.